The second-order valence-electron chi connectivity index (χ2n) is 5.39. The number of sulfone groups is 1. The van der Waals surface area contributed by atoms with Gasteiger partial charge in [0.05, 0.1) is 22.7 Å². The Morgan fingerprint density at radius 2 is 1.85 bits per heavy atom. The van der Waals surface area contributed by atoms with Gasteiger partial charge in [0, 0.05) is 17.0 Å². The Hall–Kier alpha value is -2.26. The molecular formula is C16H14ClF3N2O3S. The van der Waals surface area contributed by atoms with Crippen LogP contribution in [0.2, 0.25) is 5.02 Å². The lowest BCUT2D eigenvalue weighted by molar-refractivity contribution is -0.137. The molecule has 10 heteroatoms. The summed E-state index contributed by atoms with van der Waals surface area (Å²) in [5, 5.41) is 4.72. The van der Waals surface area contributed by atoms with Gasteiger partial charge in [-0.2, -0.15) is 13.2 Å². The lowest BCUT2D eigenvalue weighted by atomic mass is 10.1. The van der Waals surface area contributed by atoms with Crippen LogP contribution in [0.3, 0.4) is 0 Å². The minimum absolute atomic E-state index is 0.0555. The highest BCUT2D eigenvalue weighted by Crippen LogP contribution is 2.36. The number of alkyl halides is 3. The molecule has 2 N–H and O–H groups in total. The maximum absolute atomic E-state index is 13.0. The van der Waals surface area contributed by atoms with Crippen LogP contribution in [0.1, 0.15) is 5.56 Å². The van der Waals surface area contributed by atoms with E-state index in [1.165, 1.54) is 30.3 Å². The van der Waals surface area contributed by atoms with Gasteiger partial charge < -0.3 is 10.6 Å². The predicted molar refractivity (Wildman–Crippen MR) is 93.1 cm³/mol. The number of benzene rings is 2. The Morgan fingerprint density at radius 1 is 1.15 bits per heavy atom. The molecule has 0 spiro atoms. The van der Waals surface area contributed by atoms with Crippen molar-refractivity contribution < 1.29 is 26.4 Å². The summed E-state index contributed by atoms with van der Waals surface area (Å²) >= 11 is 5.58. The van der Waals surface area contributed by atoms with Gasteiger partial charge >= 0.3 is 6.18 Å². The van der Waals surface area contributed by atoms with E-state index in [4.69, 9.17) is 11.6 Å². The molecule has 0 aliphatic heterocycles. The number of rotatable bonds is 5. The van der Waals surface area contributed by atoms with E-state index in [2.05, 4.69) is 10.6 Å². The van der Waals surface area contributed by atoms with Crippen LogP contribution in [0, 0.1) is 0 Å². The van der Waals surface area contributed by atoms with Gasteiger partial charge in [0.1, 0.15) is 0 Å². The number of hydrogen-bond acceptors (Lipinski definition) is 4. The second kappa shape index (κ2) is 7.55. The maximum Gasteiger partial charge on any atom is 0.418 e. The van der Waals surface area contributed by atoms with Gasteiger partial charge in [-0.15, -0.1) is 0 Å². The Balaban J connectivity index is 2.09. The molecule has 2 rings (SSSR count). The third kappa shape index (κ3) is 5.37. The van der Waals surface area contributed by atoms with E-state index in [0.29, 0.717) is 5.69 Å². The highest BCUT2D eigenvalue weighted by molar-refractivity contribution is 7.90. The molecule has 26 heavy (non-hydrogen) atoms. The zero-order chi connectivity index (χ0) is 19.5. The van der Waals surface area contributed by atoms with Crippen LogP contribution >= 0.6 is 11.6 Å². The fourth-order valence-corrected chi connectivity index (χ4v) is 2.91. The van der Waals surface area contributed by atoms with Crippen molar-refractivity contribution in [2.45, 2.75) is 11.1 Å². The van der Waals surface area contributed by atoms with Gasteiger partial charge in [-0.05, 0) is 36.4 Å². The van der Waals surface area contributed by atoms with Gasteiger partial charge in [0.25, 0.3) is 0 Å². The first-order valence-electron chi connectivity index (χ1n) is 7.17. The molecule has 0 fully saturated rings. The van der Waals surface area contributed by atoms with E-state index >= 15 is 0 Å². The van der Waals surface area contributed by atoms with Crippen molar-refractivity contribution in [1.29, 1.82) is 0 Å². The number of carbonyl (C=O) groups is 1. The summed E-state index contributed by atoms with van der Waals surface area (Å²) in [6.45, 7) is -0.354. The van der Waals surface area contributed by atoms with E-state index in [-0.39, 0.29) is 16.5 Å². The average Bonchev–Trinajstić information content (AvgIpc) is 2.53. The van der Waals surface area contributed by atoms with Crippen molar-refractivity contribution in [2.24, 2.45) is 0 Å². The quantitative estimate of drug-likeness (QED) is 0.791. The number of anilines is 2. The molecule has 2 aromatic carbocycles. The third-order valence-electron chi connectivity index (χ3n) is 3.28. The number of amides is 1. The van der Waals surface area contributed by atoms with Gasteiger partial charge in [-0.3, -0.25) is 4.79 Å². The van der Waals surface area contributed by atoms with Gasteiger partial charge in [0.15, 0.2) is 9.84 Å². The molecule has 5 nitrogen and oxygen atoms in total. The van der Waals surface area contributed by atoms with E-state index in [0.717, 1.165) is 18.4 Å². The fraction of sp³-hybridized carbons (Fsp3) is 0.188. The van der Waals surface area contributed by atoms with E-state index in [1.54, 1.807) is 0 Å². The molecule has 0 unspecified atom stereocenters. The zero-order valence-electron chi connectivity index (χ0n) is 13.4. The van der Waals surface area contributed by atoms with E-state index < -0.39 is 33.2 Å². The number of nitrogens with one attached hydrogen (secondary N) is 2. The lowest BCUT2D eigenvalue weighted by Crippen LogP contribution is -2.23. The van der Waals surface area contributed by atoms with Crippen LogP contribution in [-0.4, -0.2) is 27.1 Å². The van der Waals surface area contributed by atoms with Crippen molar-refractivity contribution in [1.82, 2.24) is 0 Å². The highest BCUT2D eigenvalue weighted by Gasteiger charge is 2.34. The van der Waals surface area contributed by atoms with Crippen LogP contribution in [0.5, 0.6) is 0 Å². The summed E-state index contributed by atoms with van der Waals surface area (Å²) in [7, 11) is -3.42. The van der Waals surface area contributed by atoms with Crippen molar-refractivity contribution in [3.8, 4) is 0 Å². The summed E-state index contributed by atoms with van der Waals surface area (Å²) in [5.41, 5.74) is -1.13. The maximum atomic E-state index is 13.0. The number of hydrogen-bond donors (Lipinski definition) is 2. The van der Waals surface area contributed by atoms with E-state index in [9.17, 15) is 26.4 Å². The number of halogens is 4. The third-order valence-corrected chi connectivity index (χ3v) is 4.62. The Kier molecular flexibility index (Phi) is 5.82. The Bertz CT molecular complexity index is 931. The van der Waals surface area contributed by atoms with Crippen LogP contribution in [0.4, 0.5) is 24.5 Å². The Morgan fingerprint density at radius 3 is 2.46 bits per heavy atom. The summed E-state index contributed by atoms with van der Waals surface area (Å²) in [6.07, 6.45) is -3.64. The smallest absolute Gasteiger partial charge is 0.376 e. The normalized spacial score (nSPS) is 11.9. The molecule has 0 bridgehead atoms. The van der Waals surface area contributed by atoms with Crippen molar-refractivity contribution in [3.63, 3.8) is 0 Å². The molecule has 0 aliphatic rings. The summed E-state index contributed by atoms with van der Waals surface area (Å²) in [4.78, 5) is 12.0. The molecule has 140 valence electrons. The SMILES string of the molecule is CS(=O)(=O)c1cccc(NCC(=O)Nc2ccc(Cl)cc2C(F)(F)F)c1. The Labute approximate surface area is 153 Å². The van der Waals surface area contributed by atoms with Crippen LogP contribution < -0.4 is 10.6 Å². The molecule has 0 atom stereocenters. The first-order chi connectivity index (χ1) is 12.0. The van der Waals surface area contributed by atoms with Crippen molar-refractivity contribution >= 4 is 38.7 Å². The summed E-state index contributed by atoms with van der Waals surface area (Å²) < 4.78 is 62.0. The minimum Gasteiger partial charge on any atom is -0.376 e. The molecule has 0 radical (unpaired) electrons. The molecule has 0 heterocycles. The van der Waals surface area contributed by atoms with Gasteiger partial charge in [-0.1, -0.05) is 17.7 Å². The monoisotopic (exact) mass is 406 g/mol. The molecular weight excluding hydrogens is 393 g/mol. The largest absolute Gasteiger partial charge is 0.418 e. The molecule has 2 aromatic rings. The number of carbonyl (C=O) groups excluding carboxylic acids is 1. The van der Waals surface area contributed by atoms with Crippen molar-refractivity contribution in [3.05, 3.63) is 53.1 Å². The molecule has 0 aliphatic carbocycles. The van der Waals surface area contributed by atoms with Gasteiger partial charge in [0.2, 0.25) is 5.91 Å². The van der Waals surface area contributed by atoms with Gasteiger partial charge in [-0.25, -0.2) is 8.42 Å². The van der Waals surface area contributed by atoms with E-state index in [1.807, 2.05) is 0 Å². The molecule has 0 aromatic heterocycles. The fourth-order valence-electron chi connectivity index (χ4n) is 2.07. The highest BCUT2D eigenvalue weighted by atomic mass is 35.5. The molecule has 0 saturated carbocycles. The summed E-state index contributed by atoms with van der Waals surface area (Å²) in [6, 6.07) is 8.75. The molecule has 0 saturated heterocycles. The topological polar surface area (TPSA) is 75.3 Å². The summed E-state index contributed by atoms with van der Waals surface area (Å²) in [5.74, 6) is -0.734. The first kappa shape index (κ1) is 20.1. The molecule has 1 amide bonds. The zero-order valence-corrected chi connectivity index (χ0v) is 15.0. The standard InChI is InChI=1S/C16H14ClF3N2O3S/c1-26(24,25)12-4-2-3-11(8-12)21-9-15(23)22-14-6-5-10(17)7-13(14)16(18,19)20/h2-8,21H,9H2,1H3,(H,22,23). The minimum atomic E-state index is -4.68. The van der Waals surface area contributed by atoms with Crippen LogP contribution in [-0.2, 0) is 20.8 Å². The second-order valence-corrected chi connectivity index (χ2v) is 7.84. The van der Waals surface area contributed by atoms with Crippen molar-refractivity contribution in [2.75, 3.05) is 23.4 Å². The predicted octanol–water partition coefficient (Wildman–Crippen LogP) is 3.81. The first-order valence-corrected chi connectivity index (χ1v) is 9.44. The lowest BCUT2D eigenvalue weighted by Gasteiger charge is -2.14. The van der Waals surface area contributed by atoms with Crippen LogP contribution in [0.25, 0.3) is 0 Å². The van der Waals surface area contributed by atoms with Crippen LogP contribution in [0.15, 0.2) is 47.4 Å². The average molecular weight is 407 g/mol.